The topological polar surface area (TPSA) is 46.2 Å². The van der Waals surface area contributed by atoms with E-state index in [1.54, 1.807) is 6.07 Å². The van der Waals surface area contributed by atoms with Crippen molar-refractivity contribution in [2.45, 2.75) is 34.1 Å². The van der Waals surface area contributed by atoms with E-state index in [2.05, 4.69) is 5.32 Å². The zero-order chi connectivity index (χ0) is 13.7. The Morgan fingerprint density at radius 1 is 1.17 bits per heavy atom. The predicted molar refractivity (Wildman–Crippen MR) is 72.7 cm³/mol. The van der Waals surface area contributed by atoms with Gasteiger partial charge in [0.05, 0.1) is 6.54 Å². The molecule has 0 aliphatic heterocycles. The van der Waals surface area contributed by atoms with Crippen molar-refractivity contribution in [1.29, 1.82) is 0 Å². The average molecular weight is 247 g/mol. The van der Waals surface area contributed by atoms with Crippen LogP contribution < -0.4 is 5.32 Å². The number of hydrogen-bond donors (Lipinski definition) is 1. The van der Waals surface area contributed by atoms with E-state index in [0.29, 0.717) is 17.9 Å². The second-order valence-corrected chi connectivity index (χ2v) is 5.10. The van der Waals surface area contributed by atoms with Crippen molar-refractivity contribution in [3.8, 4) is 0 Å². The highest BCUT2D eigenvalue weighted by molar-refractivity contribution is 5.99. The Balaban J connectivity index is 2.55. The molecule has 1 aromatic rings. The fourth-order valence-corrected chi connectivity index (χ4v) is 1.64. The maximum atomic E-state index is 11.9. The Hall–Kier alpha value is -1.64. The van der Waals surface area contributed by atoms with Gasteiger partial charge in [-0.05, 0) is 37.0 Å². The molecule has 0 saturated heterocycles. The van der Waals surface area contributed by atoms with Gasteiger partial charge >= 0.3 is 0 Å². The standard InChI is InChI=1S/C15H21NO2/c1-10(2)7-15(18)16-9-14(17)13-6-5-11(3)12(4)8-13/h5-6,8,10H,7,9H2,1-4H3,(H,16,18). The van der Waals surface area contributed by atoms with Crippen LogP contribution in [0.25, 0.3) is 0 Å². The van der Waals surface area contributed by atoms with E-state index in [1.807, 2.05) is 39.8 Å². The van der Waals surface area contributed by atoms with Crippen molar-refractivity contribution in [3.05, 3.63) is 34.9 Å². The molecule has 0 unspecified atom stereocenters. The van der Waals surface area contributed by atoms with E-state index in [-0.39, 0.29) is 18.2 Å². The lowest BCUT2D eigenvalue weighted by atomic mass is 10.0. The summed E-state index contributed by atoms with van der Waals surface area (Å²) in [5, 5.41) is 2.66. The molecule has 0 atom stereocenters. The first-order chi connectivity index (χ1) is 8.40. The molecule has 3 heteroatoms. The molecule has 0 aliphatic rings. The fraction of sp³-hybridized carbons (Fsp3) is 0.467. The van der Waals surface area contributed by atoms with E-state index in [0.717, 1.165) is 11.1 Å². The predicted octanol–water partition coefficient (Wildman–Crippen LogP) is 2.65. The summed E-state index contributed by atoms with van der Waals surface area (Å²) in [7, 11) is 0. The minimum Gasteiger partial charge on any atom is -0.349 e. The molecule has 3 nitrogen and oxygen atoms in total. The van der Waals surface area contributed by atoms with Crippen molar-refractivity contribution in [1.82, 2.24) is 5.32 Å². The fourth-order valence-electron chi connectivity index (χ4n) is 1.64. The number of benzene rings is 1. The highest BCUT2D eigenvalue weighted by Crippen LogP contribution is 2.10. The molecule has 1 N–H and O–H groups in total. The zero-order valence-electron chi connectivity index (χ0n) is 11.5. The highest BCUT2D eigenvalue weighted by Gasteiger charge is 2.09. The zero-order valence-corrected chi connectivity index (χ0v) is 11.5. The summed E-state index contributed by atoms with van der Waals surface area (Å²) in [6.07, 6.45) is 0.459. The van der Waals surface area contributed by atoms with Gasteiger partial charge in [0.2, 0.25) is 5.91 Å². The molecule has 0 bridgehead atoms. The van der Waals surface area contributed by atoms with Crippen LogP contribution in [-0.4, -0.2) is 18.2 Å². The lowest BCUT2D eigenvalue weighted by Crippen LogP contribution is -2.30. The summed E-state index contributed by atoms with van der Waals surface area (Å²) in [5.74, 6) is 0.194. The second kappa shape index (κ2) is 6.34. The third-order valence-corrected chi connectivity index (χ3v) is 2.87. The lowest BCUT2D eigenvalue weighted by Gasteiger charge is -2.07. The normalized spacial score (nSPS) is 10.5. The Labute approximate surface area is 109 Å². The molecular weight excluding hydrogens is 226 g/mol. The summed E-state index contributed by atoms with van der Waals surface area (Å²) in [6, 6.07) is 5.60. The van der Waals surface area contributed by atoms with Gasteiger partial charge in [-0.15, -0.1) is 0 Å². The molecule has 0 heterocycles. The van der Waals surface area contributed by atoms with Crippen molar-refractivity contribution in [2.24, 2.45) is 5.92 Å². The number of amides is 1. The smallest absolute Gasteiger partial charge is 0.220 e. The van der Waals surface area contributed by atoms with Crippen LogP contribution in [0.15, 0.2) is 18.2 Å². The number of carbonyl (C=O) groups is 2. The first-order valence-electron chi connectivity index (χ1n) is 6.27. The first kappa shape index (κ1) is 14.4. The lowest BCUT2D eigenvalue weighted by molar-refractivity contribution is -0.121. The van der Waals surface area contributed by atoms with Crippen molar-refractivity contribution < 1.29 is 9.59 Å². The van der Waals surface area contributed by atoms with Gasteiger partial charge in [-0.1, -0.05) is 26.0 Å². The second-order valence-electron chi connectivity index (χ2n) is 5.10. The summed E-state index contributed by atoms with van der Waals surface area (Å²) in [4.78, 5) is 23.3. The Morgan fingerprint density at radius 2 is 1.83 bits per heavy atom. The molecule has 18 heavy (non-hydrogen) atoms. The molecule has 1 aromatic carbocycles. The highest BCUT2D eigenvalue weighted by atomic mass is 16.2. The van der Waals surface area contributed by atoms with Crippen molar-refractivity contribution in [3.63, 3.8) is 0 Å². The van der Waals surface area contributed by atoms with Gasteiger partial charge in [-0.25, -0.2) is 0 Å². The average Bonchev–Trinajstić information content (AvgIpc) is 2.28. The SMILES string of the molecule is Cc1ccc(C(=O)CNC(=O)CC(C)C)cc1C. The number of nitrogens with one attached hydrogen (secondary N) is 1. The van der Waals surface area contributed by atoms with Gasteiger partial charge in [0.1, 0.15) is 0 Å². The minimum absolute atomic E-state index is 0.0461. The molecule has 1 rings (SSSR count). The third-order valence-electron chi connectivity index (χ3n) is 2.87. The van der Waals surface area contributed by atoms with Crippen LogP contribution in [0.4, 0.5) is 0 Å². The molecule has 0 aromatic heterocycles. The Bertz CT molecular complexity index is 450. The van der Waals surface area contributed by atoms with E-state index in [1.165, 1.54) is 0 Å². The van der Waals surface area contributed by atoms with E-state index in [9.17, 15) is 9.59 Å². The number of aryl methyl sites for hydroxylation is 2. The third kappa shape index (κ3) is 4.32. The molecule has 0 fully saturated rings. The van der Waals surface area contributed by atoms with Gasteiger partial charge in [-0.2, -0.15) is 0 Å². The largest absolute Gasteiger partial charge is 0.349 e. The van der Waals surface area contributed by atoms with E-state index in [4.69, 9.17) is 0 Å². The summed E-state index contributed by atoms with van der Waals surface area (Å²) in [6.45, 7) is 8.01. The molecule has 0 radical (unpaired) electrons. The number of rotatable bonds is 5. The van der Waals surface area contributed by atoms with Crippen LogP contribution in [0.1, 0.15) is 41.8 Å². The van der Waals surface area contributed by atoms with Gasteiger partial charge in [-0.3, -0.25) is 9.59 Å². The molecular formula is C15H21NO2. The number of ketones is 1. The number of carbonyl (C=O) groups excluding carboxylic acids is 2. The Morgan fingerprint density at radius 3 is 2.39 bits per heavy atom. The van der Waals surface area contributed by atoms with Gasteiger partial charge in [0.25, 0.3) is 0 Å². The summed E-state index contributed by atoms with van der Waals surface area (Å²) < 4.78 is 0. The maximum Gasteiger partial charge on any atom is 0.220 e. The summed E-state index contributed by atoms with van der Waals surface area (Å²) in [5.41, 5.74) is 2.91. The van der Waals surface area contributed by atoms with Crippen molar-refractivity contribution in [2.75, 3.05) is 6.54 Å². The maximum absolute atomic E-state index is 11.9. The van der Waals surface area contributed by atoms with Gasteiger partial charge in [0.15, 0.2) is 5.78 Å². The van der Waals surface area contributed by atoms with Crippen molar-refractivity contribution >= 4 is 11.7 Å². The molecule has 0 saturated carbocycles. The molecule has 0 spiro atoms. The quantitative estimate of drug-likeness (QED) is 0.813. The van der Waals surface area contributed by atoms with Crippen LogP contribution in [0, 0.1) is 19.8 Å². The summed E-state index contributed by atoms with van der Waals surface area (Å²) >= 11 is 0. The van der Waals surface area contributed by atoms with Gasteiger partial charge in [0, 0.05) is 12.0 Å². The Kier molecular flexibility index (Phi) is 5.08. The molecule has 98 valence electrons. The number of hydrogen-bond acceptors (Lipinski definition) is 2. The van der Waals surface area contributed by atoms with Crippen LogP contribution >= 0.6 is 0 Å². The van der Waals surface area contributed by atoms with E-state index >= 15 is 0 Å². The van der Waals surface area contributed by atoms with Crippen LogP contribution in [0.5, 0.6) is 0 Å². The van der Waals surface area contributed by atoms with Crippen LogP contribution in [0.3, 0.4) is 0 Å². The van der Waals surface area contributed by atoms with E-state index < -0.39 is 0 Å². The first-order valence-corrected chi connectivity index (χ1v) is 6.27. The van der Waals surface area contributed by atoms with Gasteiger partial charge < -0.3 is 5.32 Å². The minimum atomic E-state index is -0.0674. The van der Waals surface area contributed by atoms with Crippen LogP contribution in [0.2, 0.25) is 0 Å². The van der Waals surface area contributed by atoms with Crippen LogP contribution in [-0.2, 0) is 4.79 Å². The molecule has 0 aliphatic carbocycles. The number of Topliss-reactive ketones (excluding diaryl/α,β-unsaturated/α-hetero) is 1. The monoisotopic (exact) mass is 247 g/mol. The molecule has 1 amide bonds.